The second-order valence-corrected chi connectivity index (χ2v) is 9.00. The maximum Gasteiger partial charge on any atom is 0.333 e. The normalized spacial score (nSPS) is 23.8. The van der Waals surface area contributed by atoms with E-state index < -0.39 is 34.5 Å². The average molecular weight is 459 g/mol. The number of fused-ring (bicyclic) bond motifs is 2. The lowest BCUT2D eigenvalue weighted by Crippen LogP contribution is -2.36. The zero-order chi connectivity index (χ0) is 22.5. The fraction of sp³-hybridized carbons (Fsp3) is 0.300. The highest BCUT2D eigenvalue weighted by Crippen LogP contribution is 2.32. The van der Waals surface area contributed by atoms with Crippen molar-refractivity contribution in [1.82, 2.24) is 14.6 Å². The summed E-state index contributed by atoms with van der Waals surface area (Å²) in [6.07, 6.45) is 1.21. The van der Waals surface area contributed by atoms with Gasteiger partial charge in [-0.05, 0) is 18.6 Å². The fourth-order valence-electron chi connectivity index (χ4n) is 4.12. The topological polar surface area (TPSA) is 165 Å². The molecule has 5 N–H and O–H groups in total. The van der Waals surface area contributed by atoms with Gasteiger partial charge in [-0.3, -0.25) is 4.18 Å². The van der Waals surface area contributed by atoms with Crippen molar-refractivity contribution >= 4 is 32.7 Å². The number of anilines is 1. The summed E-state index contributed by atoms with van der Waals surface area (Å²) in [5, 5.41) is 34.4. The lowest BCUT2D eigenvalue weighted by molar-refractivity contribution is 0.00777. The minimum atomic E-state index is -4.14. The van der Waals surface area contributed by atoms with E-state index in [4.69, 9.17) is 9.56 Å². The van der Waals surface area contributed by atoms with Crippen molar-refractivity contribution < 1.29 is 27.2 Å². The minimum absolute atomic E-state index is 0.266. The van der Waals surface area contributed by atoms with Crippen molar-refractivity contribution in [3.63, 3.8) is 0 Å². The van der Waals surface area contributed by atoms with Crippen LogP contribution in [0.4, 0.5) is 5.82 Å². The Bertz CT molecular complexity index is 1380. The molecular formula is C20H21N5O6S. The molecule has 3 aromatic heterocycles. The molecule has 1 aliphatic carbocycles. The quantitative estimate of drug-likeness (QED) is 0.327. The highest BCUT2D eigenvalue weighted by Gasteiger charge is 2.42. The Labute approximate surface area is 182 Å². The zero-order valence-corrected chi connectivity index (χ0v) is 17.5. The number of aliphatic hydroxyl groups excluding tert-OH is 2. The predicted octanol–water partition coefficient (Wildman–Crippen LogP) is 0.885. The van der Waals surface area contributed by atoms with Crippen LogP contribution in [0.15, 0.2) is 53.3 Å². The Hall–Kier alpha value is -3.03. The smallest absolute Gasteiger partial charge is 0.333 e. The number of aliphatic hydroxyl groups is 2. The highest BCUT2D eigenvalue weighted by molar-refractivity contribution is 7.84. The Morgan fingerprint density at radius 3 is 2.88 bits per heavy atom. The summed E-state index contributed by atoms with van der Waals surface area (Å²) in [6, 6.07) is 10.6. The molecule has 0 aliphatic heterocycles. The molecule has 32 heavy (non-hydrogen) atoms. The van der Waals surface area contributed by atoms with Crippen LogP contribution in [0.1, 0.15) is 6.42 Å². The molecule has 3 heterocycles. The molecule has 1 aliphatic rings. The molecule has 0 radical (unpaired) electrons. The van der Waals surface area contributed by atoms with Gasteiger partial charge in [0, 0.05) is 29.1 Å². The Balaban J connectivity index is 1.42. The van der Waals surface area contributed by atoms with Crippen LogP contribution in [0.2, 0.25) is 0 Å². The Morgan fingerprint density at radius 1 is 1.25 bits per heavy atom. The van der Waals surface area contributed by atoms with Crippen molar-refractivity contribution in [1.29, 1.82) is 0 Å². The molecule has 168 valence electrons. The SMILES string of the molecule is NS(=O)(=O)OCC1C[C@@H](Nc2ccnc3cc(-c4coc5ccccc45)nn23)[C@H](O)[C@@H]1O. The van der Waals surface area contributed by atoms with Gasteiger partial charge in [0.15, 0.2) is 5.65 Å². The molecule has 1 fully saturated rings. The van der Waals surface area contributed by atoms with Gasteiger partial charge in [-0.25, -0.2) is 10.1 Å². The van der Waals surface area contributed by atoms with Gasteiger partial charge in [-0.1, -0.05) is 18.2 Å². The largest absolute Gasteiger partial charge is 0.464 e. The zero-order valence-electron chi connectivity index (χ0n) is 16.7. The molecule has 4 aromatic rings. The predicted molar refractivity (Wildman–Crippen MR) is 115 cm³/mol. The molecular weight excluding hydrogens is 438 g/mol. The third-order valence-corrected chi connectivity index (χ3v) is 6.16. The Kier molecular flexibility index (Phi) is 5.10. The van der Waals surface area contributed by atoms with E-state index in [0.717, 1.165) is 16.5 Å². The summed E-state index contributed by atoms with van der Waals surface area (Å²) in [5.41, 5.74) is 2.83. The van der Waals surface area contributed by atoms with Crippen LogP contribution in [0.5, 0.6) is 0 Å². The number of para-hydroxylation sites is 1. The second-order valence-electron chi connectivity index (χ2n) is 7.78. The first-order chi connectivity index (χ1) is 15.3. The van der Waals surface area contributed by atoms with Crippen LogP contribution in [0.25, 0.3) is 27.9 Å². The van der Waals surface area contributed by atoms with Crippen LogP contribution in [-0.4, -0.2) is 58.1 Å². The molecule has 0 saturated heterocycles. The molecule has 0 spiro atoms. The van der Waals surface area contributed by atoms with Gasteiger partial charge >= 0.3 is 10.3 Å². The van der Waals surface area contributed by atoms with E-state index >= 15 is 0 Å². The van der Waals surface area contributed by atoms with E-state index in [2.05, 4.69) is 19.6 Å². The second kappa shape index (κ2) is 7.83. The van der Waals surface area contributed by atoms with E-state index in [1.165, 1.54) is 0 Å². The molecule has 1 aromatic carbocycles. The monoisotopic (exact) mass is 459 g/mol. The number of hydrogen-bond acceptors (Lipinski definition) is 9. The van der Waals surface area contributed by atoms with Crippen LogP contribution in [0, 0.1) is 5.92 Å². The van der Waals surface area contributed by atoms with Gasteiger partial charge in [0.05, 0.1) is 24.4 Å². The Morgan fingerprint density at radius 2 is 2.06 bits per heavy atom. The van der Waals surface area contributed by atoms with E-state index in [1.54, 1.807) is 23.0 Å². The van der Waals surface area contributed by atoms with Gasteiger partial charge in [-0.15, -0.1) is 0 Å². The number of furan rings is 1. The minimum Gasteiger partial charge on any atom is -0.464 e. The van der Waals surface area contributed by atoms with E-state index in [9.17, 15) is 18.6 Å². The van der Waals surface area contributed by atoms with Crippen molar-refractivity contribution in [2.24, 2.45) is 11.1 Å². The van der Waals surface area contributed by atoms with Gasteiger partial charge in [-0.2, -0.15) is 18.0 Å². The highest BCUT2D eigenvalue weighted by atomic mass is 32.2. The molecule has 1 saturated carbocycles. The van der Waals surface area contributed by atoms with Crippen molar-refractivity contribution in [2.75, 3.05) is 11.9 Å². The molecule has 1 unspecified atom stereocenters. The maximum absolute atomic E-state index is 11.0. The average Bonchev–Trinajstić information content (AvgIpc) is 3.44. The van der Waals surface area contributed by atoms with Crippen LogP contribution in [-0.2, 0) is 14.5 Å². The molecule has 0 amide bonds. The summed E-state index contributed by atoms with van der Waals surface area (Å²) < 4.78 is 33.9. The van der Waals surface area contributed by atoms with Gasteiger partial charge in [0.1, 0.15) is 23.8 Å². The van der Waals surface area contributed by atoms with Crippen molar-refractivity contribution in [3.8, 4) is 11.3 Å². The lowest BCUT2D eigenvalue weighted by Gasteiger charge is -2.19. The molecule has 12 heteroatoms. The third kappa shape index (κ3) is 3.82. The number of nitrogens with two attached hydrogens (primary N) is 1. The standard InChI is InChI=1S/C20H21N5O6S/c21-32(28,29)31-9-11-7-15(20(27)19(11)26)23-17-5-6-22-18-8-14(24-25(17)18)13-10-30-16-4-2-1-3-12(13)16/h1-6,8,10-11,15,19-20,23,26-27H,7,9H2,(H2,21,28,29)/t11?,15-,19-,20+/m1/s1. The van der Waals surface area contributed by atoms with Crippen LogP contribution >= 0.6 is 0 Å². The van der Waals surface area contributed by atoms with Crippen LogP contribution < -0.4 is 10.5 Å². The first-order valence-electron chi connectivity index (χ1n) is 9.91. The molecule has 11 nitrogen and oxygen atoms in total. The molecule has 0 bridgehead atoms. The number of aromatic nitrogens is 3. The lowest BCUT2D eigenvalue weighted by atomic mass is 10.1. The van der Waals surface area contributed by atoms with Crippen LogP contribution in [0.3, 0.4) is 0 Å². The molecule has 4 atom stereocenters. The number of nitrogens with one attached hydrogen (secondary N) is 1. The van der Waals surface area contributed by atoms with Gasteiger partial charge in [0.2, 0.25) is 0 Å². The van der Waals surface area contributed by atoms with E-state index in [-0.39, 0.29) is 13.0 Å². The number of benzene rings is 1. The first kappa shape index (κ1) is 20.8. The van der Waals surface area contributed by atoms with Gasteiger partial charge in [0.25, 0.3) is 0 Å². The van der Waals surface area contributed by atoms with E-state index in [1.807, 2.05) is 30.3 Å². The fourth-order valence-corrected chi connectivity index (χ4v) is 4.48. The van der Waals surface area contributed by atoms with E-state index in [0.29, 0.717) is 17.2 Å². The summed E-state index contributed by atoms with van der Waals surface area (Å²) in [7, 11) is -4.14. The summed E-state index contributed by atoms with van der Waals surface area (Å²) in [4.78, 5) is 4.35. The number of rotatable bonds is 6. The number of nitrogens with zero attached hydrogens (tertiary/aromatic N) is 3. The van der Waals surface area contributed by atoms with Crippen molar-refractivity contribution in [2.45, 2.75) is 24.7 Å². The maximum atomic E-state index is 11.0. The van der Waals surface area contributed by atoms with Crippen molar-refractivity contribution in [3.05, 3.63) is 48.9 Å². The molecule has 5 rings (SSSR count). The third-order valence-electron chi connectivity index (χ3n) is 5.70. The van der Waals surface area contributed by atoms with Gasteiger partial charge < -0.3 is 19.9 Å². The number of hydrogen-bond donors (Lipinski definition) is 4. The summed E-state index contributed by atoms with van der Waals surface area (Å²) in [5.74, 6) is -0.0538. The first-order valence-corrected chi connectivity index (χ1v) is 11.4. The summed E-state index contributed by atoms with van der Waals surface area (Å²) in [6.45, 7) is -0.319. The summed E-state index contributed by atoms with van der Waals surface area (Å²) >= 11 is 0.